The van der Waals surface area contributed by atoms with Crippen molar-refractivity contribution in [1.82, 2.24) is 15.1 Å². The molecule has 0 fully saturated rings. The second-order valence-electron chi connectivity index (χ2n) is 4.49. The molecular formula is C14H15BrN4O2. The van der Waals surface area contributed by atoms with Crippen LogP contribution in [0.4, 0.5) is 5.69 Å². The van der Waals surface area contributed by atoms with Gasteiger partial charge in [0.15, 0.2) is 0 Å². The van der Waals surface area contributed by atoms with E-state index in [2.05, 4.69) is 31.7 Å². The molecule has 1 heterocycles. The van der Waals surface area contributed by atoms with Gasteiger partial charge in [-0.15, -0.1) is 0 Å². The number of likely N-dealkylation sites (N-methyl/N-ethyl adjacent to an activating group) is 1. The van der Waals surface area contributed by atoms with Gasteiger partial charge in [-0.25, -0.2) is 0 Å². The molecule has 0 aliphatic carbocycles. The van der Waals surface area contributed by atoms with Crippen LogP contribution in [0.5, 0.6) is 0 Å². The van der Waals surface area contributed by atoms with Crippen LogP contribution in [0.1, 0.15) is 15.9 Å². The number of nitrogens with zero attached hydrogens (tertiary/aromatic N) is 2. The molecule has 1 aromatic carbocycles. The largest absolute Gasteiger partial charge is 0.358 e. The van der Waals surface area contributed by atoms with Crippen molar-refractivity contribution < 1.29 is 9.59 Å². The molecule has 0 atom stereocenters. The number of rotatable bonds is 4. The van der Waals surface area contributed by atoms with E-state index < -0.39 is 0 Å². The fourth-order valence-corrected chi connectivity index (χ4v) is 2.21. The Bertz CT molecular complexity index is 681. The first-order chi connectivity index (χ1) is 10.0. The van der Waals surface area contributed by atoms with E-state index in [9.17, 15) is 9.59 Å². The molecule has 110 valence electrons. The monoisotopic (exact) mass is 350 g/mol. The number of hydrogen-bond donors (Lipinski definition) is 2. The van der Waals surface area contributed by atoms with Gasteiger partial charge >= 0.3 is 0 Å². The van der Waals surface area contributed by atoms with Crippen LogP contribution in [0.15, 0.2) is 35.1 Å². The lowest BCUT2D eigenvalue weighted by molar-refractivity contribution is -0.121. The standard InChI is InChI=1S/C14H15BrN4O2/c1-9-4-3-5-11(13(9)15)14(21)18-10-6-17-19(7-10)8-12(20)16-2/h3-7H,8H2,1-2H3,(H,16,20)(H,18,21). The summed E-state index contributed by atoms with van der Waals surface area (Å²) in [5.74, 6) is -0.387. The molecule has 1 aromatic heterocycles. The van der Waals surface area contributed by atoms with E-state index in [0.717, 1.165) is 10.0 Å². The van der Waals surface area contributed by atoms with Gasteiger partial charge in [0.2, 0.25) is 5.91 Å². The first kappa shape index (κ1) is 15.2. The fraction of sp³-hybridized carbons (Fsp3) is 0.214. The maximum Gasteiger partial charge on any atom is 0.256 e. The summed E-state index contributed by atoms with van der Waals surface area (Å²) in [6.45, 7) is 2.03. The molecule has 0 bridgehead atoms. The first-order valence-corrected chi connectivity index (χ1v) is 7.10. The Morgan fingerprint density at radius 3 is 2.86 bits per heavy atom. The second kappa shape index (κ2) is 6.53. The third kappa shape index (κ3) is 3.69. The second-order valence-corrected chi connectivity index (χ2v) is 5.28. The van der Waals surface area contributed by atoms with Crippen LogP contribution in [-0.4, -0.2) is 28.6 Å². The molecule has 0 unspecified atom stereocenters. The minimum Gasteiger partial charge on any atom is -0.358 e. The summed E-state index contributed by atoms with van der Waals surface area (Å²) in [5.41, 5.74) is 2.07. The number of benzene rings is 1. The highest BCUT2D eigenvalue weighted by Gasteiger charge is 2.12. The Hall–Kier alpha value is -2.15. The Morgan fingerprint density at radius 2 is 2.14 bits per heavy atom. The van der Waals surface area contributed by atoms with Gasteiger partial charge in [-0.05, 0) is 34.5 Å². The molecule has 2 aromatic rings. The summed E-state index contributed by atoms with van der Waals surface area (Å²) in [6.07, 6.45) is 3.11. The van der Waals surface area contributed by atoms with Crippen molar-refractivity contribution in [2.24, 2.45) is 0 Å². The molecule has 7 heteroatoms. The van der Waals surface area contributed by atoms with Crippen LogP contribution in [0.3, 0.4) is 0 Å². The number of carbonyl (C=O) groups excluding carboxylic acids is 2. The van der Waals surface area contributed by atoms with E-state index in [1.54, 1.807) is 19.3 Å². The average molecular weight is 351 g/mol. The molecule has 2 amide bonds. The quantitative estimate of drug-likeness (QED) is 0.884. The molecule has 2 N–H and O–H groups in total. The van der Waals surface area contributed by atoms with Crippen LogP contribution in [-0.2, 0) is 11.3 Å². The molecule has 2 rings (SSSR count). The summed E-state index contributed by atoms with van der Waals surface area (Å²) in [5, 5.41) is 9.28. The number of nitrogens with one attached hydrogen (secondary N) is 2. The van der Waals surface area contributed by atoms with E-state index in [1.165, 1.54) is 10.9 Å². The zero-order valence-corrected chi connectivity index (χ0v) is 13.3. The molecule has 0 radical (unpaired) electrons. The summed E-state index contributed by atoms with van der Waals surface area (Å²) in [7, 11) is 1.56. The fourth-order valence-electron chi connectivity index (χ4n) is 1.76. The summed E-state index contributed by atoms with van der Waals surface area (Å²) < 4.78 is 2.22. The Labute approximate surface area is 130 Å². The summed E-state index contributed by atoms with van der Waals surface area (Å²) in [6, 6.07) is 5.48. The van der Waals surface area contributed by atoms with Crippen molar-refractivity contribution in [1.29, 1.82) is 0 Å². The molecule has 0 spiro atoms. The van der Waals surface area contributed by atoms with Gasteiger partial charge in [-0.2, -0.15) is 5.10 Å². The number of anilines is 1. The molecule has 0 saturated carbocycles. The van der Waals surface area contributed by atoms with Crippen LogP contribution in [0.2, 0.25) is 0 Å². The Kier molecular flexibility index (Phi) is 4.74. The summed E-state index contributed by atoms with van der Waals surface area (Å²) >= 11 is 3.41. The first-order valence-electron chi connectivity index (χ1n) is 6.30. The van der Waals surface area contributed by atoms with Crippen LogP contribution in [0, 0.1) is 6.92 Å². The lowest BCUT2D eigenvalue weighted by Crippen LogP contribution is -2.23. The van der Waals surface area contributed by atoms with Crippen LogP contribution in [0.25, 0.3) is 0 Å². The van der Waals surface area contributed by atoms with Crippen molar-refractivity contribution in [2.75, 3.05) is 12.4 Å². The molecule has 0 aliphatic heterocycles. The molecule has 0 aliphatic rings. The third-order valence-corrected chi connectivity index (χ3v) is 3.96. The van der Waals surface area contributed by atoms with Crippen molar-refractivity contribution in [2.45, 2.75) is 13.5 Å². The predicted octanol–water partition coefficient (Wildman–Crippen LogP) is 1.95. The highest BCUT2D eigenvalue weighted by molar-refractivity contribution is 9.10. The van der Waals surface area contributed by atoms with E-state index in [1.807, 2.05) is 19.1 Å². The van der Waals surface area contributed by atoms with E-state index in [-0.39, 0.29) is 18.4 Å². The van der Waals surface area contributed by atoms with Gasteiger partial charge in [0.25, 0.3) is 5.91 Å². The molecule has 0 saturated heterocycles. The van der Waals surface area contributed by atoms with E-state index in [0.29, 0.717) is 11.3 Å². The number of halogens is 1. The topological polar surface area (TPSA) is 76.0 Å². The minimum absolute atomic E-state index is 0.112. The minimum atomic E-state index is -0.231. The molecular weight excluding hydrogens is 336 g/mol. The maximum atomic E-state index is 12.2. The zero-order valence-electron chi connectivity index (χ0n) is 11.7. The summed E-state index contributed by atoms with van der Waals surface area (Å²) in [4.78, 5) is 23.5. The van der Waals surface area contributed by atoms with Crippen molar-refractivity contribution in [3.63, 3.8) is 0 Å². The SMILES string of the molecule is CNC(=O)Cn1cc(NC(=O)c2cccc(C)c2Br)cn1. The lowest BCUT2D eigenvalue weighted by atomic mass is 10.1. The zero-order chi connectivity index (χ0) is 15.4. The van der Waals surface area contributed by atoms with E-state index in [4.69, 9.17) is 0 Å². The average Bonchev–Trinajstić information content (AvgIpc) is 2.88. The number of aryl methyl sites for hydroxylation is 1. The van der Waals surface area contributed by atoms with Crippen molar-refractivity contribution >= 4 is 33.4 Å². The van der Waals surface area contributed by atoms with E-state index >= 15 is 0 Å². The van der Waals surface area contributed by atoms with Crippen molar-refractivity contribution in [3.8, 4) is 0 Å². The Balaban J connectivity index is 2.09. The highest BCUT2D eigenvalue weighted by atomic mass is 79.9. The van der Waals surface area contributed by atoms with Gasteiger partial charge < -0.3 is 10.6 Å². The number of hydrogen-bond acceptors (Lipinski definition) is 3. The number of aromatic nitrogens is 2. The van der Waals surface area contributed by atoms with Gasteiger partial charge in [-0.3, -0.25) is 14.3 Å². The normalized spacial score (nSPS) is 10.2. The molecule has 21 heavy (non-hydrogen) atoms. The smallest absolute Gasteiger partial charge is 0.256 e. The third-order valence-electron chi connectivity index (χ3n) is 2.91. The maximum absolute atomic E-state index is 12.2. The van der Waals surface area contributed by atoms with Gasteiger partial charge in [0.05, 0.1) is 17.4 Å². The highest BCUT2D eigenvalue weighted by Crippen LogP contribution is 2.22. The Morgan fingerprint density at radius 1 is 1.38 bits per heavy atom. The van der Waals surface area contributed by atoms with Gasteiger partial charge in [0, 0.05) is 17.7 Å². The van der Waals surface area contributed by atoms with Crippen LogP contribution < -0.4 is 10.6 Å². The number of carbonyl (C=O) groups is 2. The van der Waals surface area contributed by atoms with Crippen LogP contribution >= 0.6 is 15.9 Å². The lowest BCUT2D eigenvalue weighted by Gasteiger charge is -2.06. The predicted molar refractivity (Wildman–Crippen MR) is 83.1 cm³/mol. The van der Waals surface area contributed by atoms with Gasteiger partial charge in [0.1, 0.15) is 6.54 Å². The number of amides is 2. The van der Waals surface area contributed by atoms with Crippen molar-refractivity contribution in [3.05, 3.63) is 46.2 Å². The van der Waals surface area contributed by atoms with Gasteiger partial charge in [-0.1, -0.05) is 12.1 Å². The molecule has 6 nitrogen and oxygen atoms in total.